The van der Waals surface area contributed by atoms with Crippen LogP contribution in [0.4, 0.5) is 11.4 Å². The number of hydrogen-bond acceptors (Lipinski definition) is 3. The first-order valence-electron chi connectivity index (χ1n) is 6.15. The molecule has 2 aromatic carbocycles. The molecule has 0 radical (unpaired) electrons. The Balaban J connectivity index is 1.95. The molecular weight excluding hydrogens is 306 g/mol. The van der Waals surface area contributed by atoms with Crippen LogP contribution < -0.4 is 15.8 Å². The van der Waals surface area contributed by atoms with Crippen molar-refractivity contribution in [2.45, 2.75) is 5.75 Å². The van der Waals surface area contributed by atoms with Crippen LogP contribution in [0.2, 0.25) is 0 Å². The molecule has 4 N–H and O–H groups in total. The Morgan fingerprint density at radius 1 is 0.952 bits per heavy atom. The van der Waals surface area contributed by atoms with Crippen molar-refractivity contribution in [3.8, 4) is 0 Å². The van der Waals surface area contributed by atoms with Gasteiger partial charge in [-0.25, -0.2) is 13.6 Å². The lowest BCUT2D eigenvalue weighted by Gasteiger charge is -2.10. The third kappa shape index (κ3) is 5.50. The van der Waals surface area contributed by atoms with E-state index in [0.717, 1.165) is 11.4 Å². The number of rotatable bonds is 4. The predicted octanol–water partition coefficient (Wildman–Crippen LogP) is 2.28. The second kappa shape index (κ2) is 6.66. The second-order valence-corrected chi connectivity index (χ2v) is 6.47. The maximum absolute atomic E-state index is 11.0. The van der Waals surface area contributed by atoms with Crippen molar-refractivity contribution >= 4 is 38.7 Å². The third-order valence-corrected chi connectivity index (χ3v) is 3.55. The Morgan fingerprint density at radius 2 is 1.48 bits per heavy atom. The largest absolute Gasteiger partial charge is 0.332 e. The van der Waals surface area contributed by atoms with Gasteiger partial charge in [0.05, 0.1) is 5.75 Å². The predicted molar refractivity (Wildman–Crippen MR) is 89.5 cm³/mol. The fraction of sp³-hybridized carbons (Fsp3) is 0.0714. The molecule has 0 saturated heterocycles. The van der Waals surface area contributed by atoms with E-state index >= 15 is 0 Å². The maximum atomic E-state index is 11.0. The fourth-order valence-corrected chi connectivity index (χ4v) is 2.62. The molecule has 5 nitrogen and oxygen atoms in total. The van der Waals surface area contributed by atoms with E-state index in [9.17, 15) is 8.42 Å². The van der Waals surface area contributed by atoms with E-state index in [1.54, 1.807) is 24.3 Å². The molecule has 2 aromatic rings. The van der Waals surface area contributed by atoms with Crippen LogP contribution in [-0.4, -0.2) is 13.5 Å². The number of primary sulfonamides is 1. The van der Waals surface area contributed by atoms with E-state index in [1.165, 1.54) is 0 Å². The molecule has 0 heterocycles. The Bertz CT molecular complexity index is 714. The number of para-hydroxylation sites is 1. The van der Waals surface area contributed by atoms with Crippen molar-refractivity contribution in [3.05, 3.63) is 60.2 Å². The molecule has 0 fully saturated rings. The van der Waals surface area contributed by atoms with E-state index in [4.69, 9.17) is 17.4 Å². The summed E-state index contributed by atoms with van der Waals surface area (Å²) in [4.78, 5) is 0. The van der Waals surface area contributed by atoms with E-state index in [2.05, 4.69) is 10.6 Å². The number of nitrogens with one attached hydrogen (secondary N) is 2. The van der Waals surface area contributed by atoms with Crippen molar-refractivity contribution in [2.24, 2.45) is 5.14 Å². The van der Waals surface area contributed by atoms with Crippen LogP contribution in [-0.2, 0) is 15.8 Å². The van der Waals surface area contributed by atoms with Gasteiger partial charge >= 0.3 is 0 Å². The van der Waals surface area contributed by atoms with Gasteiger partial charge in [0.15, 0.2) is 5.11 Å². The van der Waals surface area contributed by atoms with Crippen LogP contribution in [0.25, 0.3) is 0 Å². The number of thiocarbonyl (C=S) groups is 1. The van der Waals surface area contributed by atoms with E-state index < -0.39 is 10.0 Å². The number of hydrogen-bond donors (Lipinski definition) is 3. The highest BCUT2D eigenvalue weighted by atomic mass is 32.2. The highest BCUT2D eigenvalue weighted by Crippen LogP contribution is 2.12. The van der Waals surface area contributed by atoms with Gasteiger partial charge in [0.2, 0.25) is 10.0 Å². The molecule has 0 aliphatic heterocycles. The Hall–Kier alpha value is -1.96. The standard InChI is InChI=1S/C14H15N3O2S2/c15-21(18,19)10-11-6-8-13(9-7-11)17-14(20)16-12-4-2-1-3-5-12/h1-9H,10H2,(H2,15,18,19)(H2,16,17,20). The lowest BCUT2D eigenvalue weighted by Crippen LogP contribution is -2.19. The van der Waals surface area contributed by atoms with Gasteiger partial charge in [0, 0.05) is 11.4 Å². The normalized spacial score (nSPS) is 10.9. The molecule has 0 amide bonds. The summed E-state index contributed by atoms with van der Waals surface area (Å²) in [5.74, 6) is -0.181. The summed E-state index contributed by atoms with van der Waals surface area (Å²) in [6.45, 7) is 0. The topological polar surface area (TPSA) is 84.2 Å². The SMILES string of the molecule is NS(=O)(=O)Cc1ccc(NC(=S)Nc2ccccc2)cc1. The molecule has 21 heavy (non-hydrogen) atoms. The summed E-state index contributed by atoms with van der Waals surface area (Å²) in [6, 6.07) is 16.4. The van der Waals surface area contributed by atoms with Gasteiger partial charge in [-0.2, -0.15) is 0 Å². The van der Waals surface area contributed by atoms with Crippen LogP contribution in [0, 0.1) is 0 Å². The summed E-state index contributed by atoms with van der Waals surface area (Å²) in [5.41, 5.74) is 2.28. The summed E-state index contributed by atoms with van der Waals surface area (Å²) in [5, 5.41) is 11.5. The van der Waals surface area contributed by atoms with Gasteiger partial charge < -0.3 is 10.6 Å². The van der Waals surface area contributed by atoms with Gasteiger partial charge in [0.1, 0.15) is 0 Å². The van der Waals surface area contributed by atoms with Gasteiger partial charge in [-0.05, 0) is 42.0 Å². The quantitative estimate of drug-likeness (QED) is 0.752. The number of nitrogens with two attached hydrogens (primary N) is 1. The highest BCUT2D eigenvalue weighted by molar-refractivity contribution is 7.88. The van der Waals surface area contributed by atoms with E-state index in [0.29, 0.717) is 10.7 Å². The molecule has 0 saturated carbocycles. The molecule has 0 atom stereocenters. The van der Waals surface area contributed by atoms with Gasteiger partial charge in [0.25, 0.3) is 0 Å². The minimum atomic E-state index is -3.51. The summed E-state index contributed by atoms with van der Waals surface area (Å²) in [7, 11) is -3.51. The monoisotopic (exact) mass is 321 g/mol. The second-order valence-electron chi connectivity index (χ2n) is 4.45. The maximum Gasteiger partial charge on any atom is 0.213 e. The van der Waals surface area contributed by atoms with Crippen molar-refractivity contribution < 1.29 is 8.42 Å². The first-order valence-corrected chi connectivity index (χ1v) is 8.27. The zero-order valence-electron chi connectivity index (χ0n) is 11.1. The fourth-order valence-electron chi connectivity index (χ4n) is 1.73. The molecule has 7 heteroatoms. The molecule has 0 aromatic heterocycles. The zero-order valence-corrected chi connectivity index (χ0v) is 12.7. The molecule has 110 valence electrons. The summed E-state index contributed by atoms with van der Waals surface area (Å²) < 4.78 is 22.0. The molecule has 2 rings (SSSR count). The number of anilines is 2. The number of sulfonamides is 1. The molecule has 0 unspecified atom stereocenters. The first kappa shape index (κ1) is 15.4. The molecular formula is C14H15N3O2S2. The third-order valence-electron chi connectivity index (χ3n) is 2.61. The van der Waals surface area contributed by atoms with Gasteiger partial charge in [-0.1, -0.05) is 30.3 Å². The van der Waals surface area contributed by atoms with E-state index in [-0.39, 0.29) is 5.75 Å². The Labute approximate surface area is 129 Å². The lowest BCUT2D eigenvalue weighted by atomic mass is 10.2. The lowest BCUT2D eigenvalue weighted by molar-refractivity contribution is 0.597. The summed E-state index contributed by atoms with van der Waals surface area (Å²) >= 11 is 5.20. The number of benzene rings is 2. The van der Waals surface area contributed by atoms with Crippen LogP contribution in [0.5, 0.6) is 0 Å². The van der Waals surface area contributed by atoms with Gasteiger partial charge in [-0.15, -0.1) is 0 Å². The average molecular weight is 321 g/mol. The highest BCUT2D eigenvalue weighted by Gasteiger charge is 2.05. The minimum Gasteiger partial charge on any atom is -0.332 e. The molecule has 0 spiro atoms. The van der Waals surface area contributed by atoms with Crippen LogP contribution in [0.1, 0.15) is 5.56 Å². The van der Waals surface area contributed by atoms with Crippen molar-refractivity contribution in [3.63, 3.8) is 0 Å². The van der Waals surface area contributed by atoms with Gasteiger partial charge in [-0.3, -0.25) is 0 Å². The smallest absolute Gasteiger partial charge is 0.213 e. The van der Waals surface area contributed by atoms with Crippen molar-refractivity contribution in [1.82, 2.24) is 0 Å². The van der Waals surface area contributed by atoms with Crippen molar-refractivity contribution in [1.29, 1.82) is 0 Å². The van der Waals surface area contributed by atoms with Crippen LogP contribution in [0.15, 0.2) is 54.6 Å². The average Bonchev–Trinajstić information content (AvgIpc) is 2.40. The van der Waals surface area contributed by atoms with Crippen LogP contribution >= 0.6 is 12.2 Å². The molecule has 0 bridgehead atoms. The Kier molecular flexibility index (Phi) is 4.89. The van der Waals surface area contributed by atoms with Crippen LogP contribution in [0.3, 0.4) is 0 Å². The Morgan fingerprint density at radius 3 is 2.00 bits per heavy atom. The summed E-state index contributed by atoms with van der Waals surface area (Å²) in [6.07, 6.45) is 0. The molecule has 0 aliphatic carbocycles. The zero-order chi connectivity index (χ0) is 15.3. The molecule has 0 aliphatic rings. The minimum absolute atomic E-state index is 0.181. The first-order chi connectivity index (χ1) is 9.92. The van der Waals surface area contributed by atoms with E-state index in [1.807, 2.05) is 30.3 Å². The van der Waals surface area contributed by atoms with Crippen molar-refractivity contribution in [2.75, 3.05) is 10.6 Å².